The molecule has 2 aromatic carbocycles. The number of hydrogen-bond acceptors (Lipinski definition) is 14. The molecule has 0 atom stereocenters. The molecular formula is C104H178CaO14S2. The molecular weight excluding hydrogens is 1580 g/mol. The van der Waals surface area contributed by atoms with Crippen LogP contribution in [0.1, 0.15) is 531 Å². The van der Waals surface area contributed by atoms with Gasteiger partial charge in [0.1, 0.15) is 20.2 Å². The van der Waals surface area contributed by atoms with E-state index in [4.69, 9.17) is 18.9 Å². The molecule has 0 spiro atoms. The van der Waals surface area contributed by atoms with E-state index in [1.165, 1.54) is 346 Å². The Hall–Kier alpha value is -3.64. The summed E-state index contributed by atoms with van der Waals surface area (Å²) in [6.45, 7) is 9.78. The van der Waals surface area contributed by atoms with Crippen molar-refractivity contribution in [3.63, 3.8) is 0 Å². The Morgan fingerprint density at radius 2 is 0.364 bits per heavy atom. The van der Waals surface area contributed by atoms with Crippen LogP contribution in [0, 0.1) is 0 Å². The molecule has 692 valence electrons. The van der Waals surface area contributed by atoms with Gasteiger partial charge in [-0.3, -0.25) is 0 Å². The first kappa shape index (κ1) is 117. The van der Waals surface area contributed by atoms with Crippen LogP contribution in [0.2, 0.25) is 0 Å². The van der Waals surface area contributed by atoms with Crippen LogP contribution in [0.15, 0.2) is 94.8 Å². The zero-order chi connectivity index (χ0) is 87.2. The van der Waals surface area contributed by atoms with Crippen molar-refractivity contribution < 1.29 is 64.1 Å². The van der Waals surface area contributed by atoms with Gasteiger partial charge >= 0.3 is 61.6 Å². The Bertz CT molecular complexity index is 2880. The zero-order valence-corrected chi connectivity index (χ0v) is 81.9. The third-order valence-corrected chi connectivity index (χ3v) is 24.7. The molecule has 0 N–H and O–H groups in total. The molecule has 0 aromatic heterocycles. The van der Waals surface area contributed by atoms with Gasteiger partial charge in [0, 0.05) is 0 Å². The summed E-state index contributed by atoms with van der Waals surface area (Å²) in [6.07, 6.45) is 107. The quantitative estimate of drug-likeness (QED) is 0.0150. The molecule has 0 heterocycles. The molecule has 0 radical (unpaired) electrons. The predicted octanol–water partition coefficient (Wildman–Crippen LogP) is 31.8. The molecule has 2 rings (SSSR count). The van der Waals surface area contributed by atoms with Crippen LogP contribution in [0.5, 0.6) is 0 Å². The standard InChI is InChI=1S/2C52H90O7S.Ca/c2*1-3-5-7-9-11-13-15-17-19-21-23-25-27-29-31-33-35-37-39-41-45-58-51(53)49-44-43-48(60(55,56)57)47-50(49)52(54)59-46-42-40-38-36-34-32-30-28-26-24-22-20-18-16-14-12-10-8-6-4-2;/h2*25-28,43-44,47H,3-24,29-42,45-46H2,1-2H3,(H,55,56,57);/q;;+2/p-2/b2*27-25+,28-26+;. The number of unbranched alkanes of at least 4 members (excludes halogenated alkanes) is 64. The number of carbonyl (C=O) groups excluding carboxylic acids is 4. The van der Waals surface area contributed by atoms with Crippen molar-refractivity contribution in [1.82, 2.24) is 0 Å². The molecule has 0 saturated carbocycles. The number of benzene rings is 2. The molecule has 0 aliphatic heterocycles. The maximum atomic E-state index is 13.0. The van der Waals surface area contributed by atoms with Crippen molar-refractivity contribution in [1.29, 1.82) is 0 Å². The second-order valence-electron chi connectivity index (χ2n) is 34.3. The largest absolute Gasteiger partial charge is 2.00 e. The van der Waals surface area contributed by atoms with Gasteiger partial charge in [-0.25, -0.2) is 36.0 Å². The van der Waals surface area contributed by atoms with Gasteiger partial charge in [0.15, 0.2) is 0 Å². The summed E-state index contributed by atoms with van der Waals surface area (Å²) in [5.74, 6) is -3.11. The van der Waals surface area contributed by atoms with Crippen molar-refractivity contribution in [2.24, 2.45) is 0 Å². The SMILES string of the molecule is CCCCCCCCCCCC/C=C/CCCCCCCCOC(=O)c1ccc(S(=O)(=O)[O-])cc1C(=O)OCCCCCCCC/C=C/CCCCCCCCCCCC.CCCCCCCCCCCC/C=C/CCCCCCCCOC(=O)c1ccc(S(=O)(=O)[O-])cc1C(=O)OCCCCCCCC/C=C/CCCCCCCCCCCC.[Ca+2]. The minimum absolute atomic E-state index is 0. The van der Waals surface area contributed by atoms with Crippen molar-refractivity contribution in [2.45, 2.75) is 500 Å². The molecule has 0 amide bonds. The van der Waals surface area contributed by atoms with Gasteiger partial charge in [-0.2, -0.15) is 0 Å². The molecule has 0 fully saturated rings. The van der Waals surface area contributed by atoms with Gasteiger partial charge in [0.25, 0.3) is 0 Å². The van der Waals surface area contributed by atoms with Crippen LogP contribution >= 0.6 is 0 Å². The third-order valence-electron chi connectivity index (χ3n) is 23.0. The summed E-state index contributed by atoms with van der Waals surface area (Å²) in [5, 5.41) is 0. The summed E-state index contributed by atoms with van der Waals surface area (Å²) >= 11 is 0. The molecule has 0 bridgehead atoms. The fourth-order valence-electron chi connectivity index (χ4n) is 15.2. The summed E-state index contributed by atoms with van der Waals surface area (Å²) in [4.78, 5) is 50.7. The fraction of sp³-hybridized carbons (Fsp3) is 0.769. The monoisotopic (exact) mass is 1760 g/mol. The topological polar surface area (TPSA) is 220 Å². The summed E-state index contributed by atoms with van der Waals surface area (Å²) in [5.41, 5.74) is -0.691. The molecule has 0 unspecified atom stereocenters. The van der Waals surface area contributed by atoms with E-state index >= 15 is 0 Å². The van der Waals surface area contributed by atoms with Gasteiger partial charge in [-0.05, 0) is 165 Å². The van der Waals surface area contributed by atoms with Gasteiger partial charge in [-0.15, -0.1) is 0 Å². The van der Waals surface area contributed by atoms with Crippen molar-refractivity contribution >= 4 is 81.9 Å². The van der Waals surface area contributed by atoms with Crippen LogP contribution in [-0.4, -0.2) is 114 Å². The van der Waals surface area contributed by atoms with Gasteiger partial charge in [0.05, 0.1) is 58.5 Å². The van der Waals surface area contributed by atoms with Crippen molar-refractivity contribution in [3.05, 3.63) is 107 Å². The van der Waals surface area contributed by atoms with Crippen LogP contribution < -0.4 is 0 Å². The van der Waals surface area contributed by atoms with E-state index < -0.39 is 53.9 Å². The normalized spacial score (nSPS) is 11.8. The summed E-state index contributed by atoms with van der Waals surface area (Å²) < 4.78 is 91.8. The first-order valence-corrected chi connectivity index (χ1v) is 52.9. The Morgan fingerprint density at radius 1 is 0.223 bits per heavy atom. The molecule has 0 saturated heterocycles. The molecule has 2 aromatic rings. The minimum Gasteiger partial charge on any atom is -0.744 e. The smallest absolute Gasteiger partial charge is 0.744 e. The fourth-order valence-corrected chi connectivity index (χ4v) is 16.2. The number of rotatable bonds is 86. The maximum Gasteiger partial charge on any atom is 2.00 e. The average molecular weight is 1760 g/mol. The third kappa shape index (κ3) is 75.1. The molecule has 0 aliphatic carbocycles. The Kier molecular flexibility index (Phi) is 85.7. The van der Waals surface area contributed by atoms with E-state index in [9.17, 15) is 45.1 Å². The first-order chi connectivity index (χ1) is 58.6. The average Bonchev–Trinajstić information content (AvgIpc) is 0.813. The molecule has 0 aliphatic rings. The Labute approximate surface area is 773 Å². The molecule has 121 heavy (non-hydrogen) atoms. The Balaban J connectivity index is 0.00000236. The Morgan fingerprint density at radius 3 is 0.521 bits per heavy atom. The van der Waals surface area contributed by atoms with Gasteiger partial charge in [-0.1, -0.05) is 410 Å². The summed E-state index contributed by atoms with van der Waals surface area (Å²) in [6, 6.07) is 6.28. The van der Waals surface area contributed by atoms with E-state index in [1.807, 2.05) is 0 Å². The number of allylic oxidation sites excluding steroid dienone is 8. The van der Waals surface area contributed by atoms with Crippen LogP contribution in [-0.2, 0) is 39.2 Å². The van der Waals surface area contributed by atoms with Gasteiger partial charge in [0.2, 0.25) is 0 Å². The van der Waals surface area contributed by atoms with Crippen LogP contribution in [0.25, 0.3) is 0 Å². The molecule has 17 heteroatoms. The number of carbonyl (C=O) groups is 4. The second-order valence-corrected chi connectivity index (χ2v) is 37.0. The van der Waals surface area contributed by atoms with E-state index in [-0.39, 0.29) is 86.4 Å². The van der Waals surface area contributed by atoms with E-state index in [1.54, 1.807) is 0 Å². The van der Waals surface area contributed by atoms with E-state index in [0.717, 1.165) is 127 Å². The van der Waals surface area contributed by atoms with E-state index in [2.05, 4.69) is 76.3 Å². The van der Waals surface area contributed by atoms with Crippen molar-refractivity contribution in [3.8, 4) is 0 Å². The van der Waals surface area contributed by atoms with Crippen molar-refractivity contribution in [2.75, 3.05) is 26.4 Å². The van der Waals surface area contributed by atoms with E-state index in [0.29, 0.717) is 25.7 Å². The second kappa shape index (κ2) is 88.4. The number of esters is 4. The number of hydrogen-bond donors (Lipinski definition) is 0. The predicted molar refractivity (Wildman–Crippen MR) is 507 cm³/mol. The minimum atomic E-state index is -4.82. The van der Waals surface area contributed by atoms with Crippen LogP contribution in [0.3, 0.4) is 0 Å². The van der Waals surface area contributed by atoms with Gasteiger partial charge < -0.3 is 28.1 Å². The molecule has 14 nitrogen and oxygen atoms in total. The first-order valence-electron chi connectivity index (χ1n) is 50.1. The zero-order valence-electron chi connectivity index (χ0n) is 78.1. The maximum absolute atomic E-state index is 13.0. The van der Waals surface area contributed by atoms with Crippen LogP contribution in [0.4, 0.5) is 0 Å². The summed E-state index contributed by atoms with van der Waals surface area (Å²) in [7, 11) is -9.65. The number of ether oxygens (including phenoxy) is 4.